The van der Waals surface area contributed by atoms with Crippen molar-refractivity contribution in [3.63, 3.8) is 0 Å². The van der Waals surface area contributed by atoms with Crippen molar-refractivity contribution < 1.29 is 0 Å². The lowest BCUT2D eigenvalue weighted by atomic mass is 10.0. The van der Waals surface area contributed by atoms with Gasteiger partial charge in [-0.1, -0.05) is 64.1 Å². The molecule has 0 aromatic heterocycles. The van der Waals surface area contributed by atoms with Crippen molar-refractivity contribution >= 4 is 5.69 Å². The minimum Gasteiger partial charge on any atom is -0.386 e. The van der Waals surface area contributed by atoms with Crippen LogP contribution in [0.2, 0.25) is 0 Å². The molecule has 0 heterocycles. The lowest BCUT2D eigenvalue weighted by Gasteiger charge is -2.21. The quantitative estimate of drug-likeness (QED) is 0.355. The Balaban J connectivity index is 2.69. The zero-order valence-electron chi connectivity index (χ0n) is 18.2. The zero-order valence-corrected chi connectivity index (χ0v) is 18.2. The summed E-state index contributed by atoms with van der Waals surface area (Å²) in [6, 6.07) is 9.32. The first-order chi connectivity index (χ1) is 13.0. The van der Waals surface area contributed by atoms with Gasteiger partial charge < -0.3 is 10.6 Å². The predicted molar refractivity (Wildman–Crippen MR) is 122 cm³/mol. The second-order valence-corrected chi connectivity index (χ2v) is 7.31. The van der Waals surface area contributed by atoms with Crippen LogP contribution in [-0.4, -0.2) is 6.04 Å². The molecular weight excluding hydrogens is 328 g/mol. The van der Waals surface area contributed by atoms with Crippen molar-refractivity contribution in [2.75, 3.05) is 5.32 Å². The summed E-state index contributed by atoms with van der Waals surface area (Å²) in [5.41, 5.74) is 6.45. The SMILES string of the molecule is C=C(CC)CCc1ccc(N/C(=C/CC)CC(CC)N/C(C)=C/CC)cc1. The number of anilines is 1. The number of nitrogens with one attached hydrogen (secondary N) is 2. The standard InChI is InChI=1S/C25H40N2/c1-7-11-21(6)26-23(10-4)19-25(12-8-2)27-24-17-15-22(16-18-24)14-13-20(5)9-3/h11-12,15-18,23,26-27H,5,7-10,13-14,19H2,1-4,6H3/b21-11+,25-12+. The Kier molecular flexibility index (Phi) is 11.3. The van der Waals surface area contributed by atoms with E-state index >= 15 is 0 Å². The van der Waals surface area contributed by atoms with Crippen molar-refractivity contribution in [2.45, 2.75) is 85.6 Å². The fourth-order valence-corrected chi connectivity index (χ4v) is 3.12. The van der Waals surface area contributed by atoms with E-state index < -0.39 is 0 Å². The van der Waals surface area contributed by atoms with E-state index in [4.69, 9.17) is 0 Å². The molecule has 0 aliphatic heterocycles. The summed E-state index contributed by atoms with van der Waals surface area (Å²) in [7, 11) is 0. The highest BCUT2D eigenvalue weighted by Crippen LogP contribution is 2.18. The minimum atomic E-state index is 0.456. The fourth-order valence-electron chi connectivity index (χ4n) is 3.12. The number of aryl methyl sites for hydroxylation is 1. The molecule has 0 radical (unpaired) electrons. The second-order valence-electron chi connectivity index (χ2n) is 7.31. The van der Waals surface area contributed by atoms with E-state index in [-0.39, 0.29) is 0 Å². The van der Waals surface area contributed by atoms with E-state index in [0.717, 1.165) is 44.9 Å². The predicted octanol–water partition coefficient (Wildman–Crippen LogP) is 7.36. The third kappa shape index (κ3) is 9.51. The molecule has 1 rings (SSSR count). The molecule has 0 bridgehead atoms. The highest BCUT2D eigenvalue weighted by atomic mass is 14.9. The van der Waals surface area contributed by atoms with Gasteiger partial charge in [0.25, 0.3) is 0 Å². The van der Waals surface area contributed by atoms with Crippen LogP contribution in [0.1, 0.15) is 78.7 Å². The summed E-state index contributed by atoms with van der Waals surface area (Å²) in [4.78, 5) is 0. The average molecular weight is 369 g/mol. The first kappa shape index (κ1) is 23.1. The van der Waals surface area contributed by atoms with E-state index in [9.17, 15) is 0 Å². The van der Waals surface area contributed by atoms with Gasteiger partial charge in [0.05, 0.1) is 0 Å². The molecule has 0 aliphatic carbocycles. The molecule has 0 amide bonds. The summed E-state index contributed by atoms with van der Waals surface area (Å²) < 4.78 is 0. The van der Waals surface area contributed by atoms with Crippen molar-refractivity contribution in [2.24, 2.45) is 0 Å². The fraction of sp³-hybridized carbons (Fsp3) is 0.520. The second kappa shape index (κ2) is 13.2. The zero-order chi connectivity index (χ0) is 20.1. The van der Waals surface area contributed by atoms with Crippen molar-refractivity contribution in [1.82, 2.24) is 5.32 Å². The van der Waals surface area contributed by atoms with Gasteiger partial charge in [0, 0.05) is 29.5 Å². The van der Waals surface area contributed by atoms with Crippen LogP contribution < -0.4 is 10.6 Å². The van der Waals surface area contributed by atoms with Crippen LogP contribution in [0.5, 0.6) is 0 Å². The van der Waals surface area contributed by atoms with Crippen LogP contribution in [0.15, 0.2) is 60.0 Å². The Bertz CT molecular complexity index is 608. The molecule has 2 nitrogen and oxygen atoms in total. The number of hydrogen-bond donors (Lipinski definition) is 2. The monoisotopic (exact) mass is 368 g/mol. The third-order valence-electron chi connectivity index (χ3n) is 4.88. The van der Waals surface area contributed by atoms with Crippen molar-refractivity contribution in [3.8, 4) is 0 Å². The van der Waals surface area contributed by atoms with Gasteiger partial charge in [-0.25, -0.2) is 0 Å². The van der Waals surface area contributed by atoms with Gasteiger partial charge in [-0.3, -0.25) is 0 Å². The van der Waals surface area contributed by atoms with E-state index in [1.54, 1.807) is 0 Å². The van der Waals surface area contributed by atoms with Crippen molar-refractivity contribution in [3.05, 3.63) is 65.5 Å². The largest absolute Gasteiger partial charge is 0.386 e. The van der Waals surface area contributed by atoms with E-state index in [1.165, 1.54) is 28.2 Å². The summed E-state index contributed by atoms with van der Waals surface area (Å²) >= 11 is 0. The van der Waals surface area contributed by atoms with E-state index in [2.05, 4.69) is 88.2 Å². The van der Waals surface area contributed by atoms with Gasteiger partial charge in [0.15, 0.2) is 0 Å². The Morgan fingerprint density at radius 2 is 1.70 bits per heavy atom. The summed E-state index contributed by atoms with van der Waals surface area (Å²) in [5.74, 6) is 0. The number of allylic oxidation sites excluding steroid dienone is 4. The average Bonchev–Trinajstić information content (AvgIpc) is 2.66. The minimum absolute atomic E-state index is 0.456. The van der Waals surface area contributed by atoms with Crippen LogP contribution in [0, 0.1) is 0 Å². The number of rotatable bonds is 13. The molecule has 1 aromatic rings. The highest BCUT2D eigenvalue weighted by molar-refractivity contribution is 5.49. The van der Waals surface area contributed by atoms with Crippen LogP contribution in [-0.2, 0) is 6.42 Å². The van der Waals surface area contributed by atoms with Crippen LogP contribution in [0.25, 0.3) is 0 Å². The molecule has 0 saturated heterocycles. The lowest BCUT2D eigenvalue weighted by Crippen LogP contribution is -2.28. The highest BCUT2D eigenvalue weighted by Gasteiger charge is 2.09. The topological polar surface area (TPSA) is 24.1 Å². The third-order valence-corrected chi connectivity index (χ3v) is 4.88. The molecule has 0 spiro atoms. The lowest BCUT2D eigenvalue weighted by molar-refractivity contribution is 0.543. The van der Waals surface area contributed by atoms with Gasteiger partial charge in [0.2, 0.25) is 0 Å². The van der Waals surface area contributed by atoms with Gasteiger partial charge in [-0.2, -0.15) is 0 Å². The van der Waals surface area contributed by atoms with Crippen molar-refractivity contribution in [1.29, 1.82) is 0 Å². The first-order valence-corrected chi connectivity index (χ1v) is 10.7. The maximum absolute atomic E-state index is 4.10. The normalized spacial score (nSPS) is 13.4. The Morgan fingerprint density at radius 1 is 1.04 bits per heavy atom. The first-order valence-electron chi connectivity index (χ1n) is 10.7. The molecule has 27 heavy (non-hydrogen) atoms. The molecular formula is C25H40N2. The van der Waals surface area contributed by atoms with Crippen LogP contribution >= 0.6 is 0 Å². The van der Waals surface area contributed by atoms with E-state index in [0.29, 0.717) is 6.04 Å². The van der Waals surface area contributed by atoms with Gasteiger partial charge in [0.1, 0.15) is 0 Å². The van der Waals surface area contributed by atoms with Crippen LogP contribution in [0.3, 0.4) is 0 Å². The van der Waals surface area contributed by atoms with Gasteiger partial charge in [-0.05, 0) is 63.1 Å². The molecule has 0 fully saturated rings. The van der Waals surface area contributed by atoms with Gasteiger partial charge in [-0.15, -0.1) is 0 Å². The molecule has 0 aliphatic rings. The maximum atomic E-state index is 4.10. The molecule has 2 N–H and O–H groups in total. The maximum Gasteiger partial charge on any atom is 0.0381 e. The molecule has 1 unspecified atom stereocenters. The number of hydrogen-bond acceptors (Lipinski definition) is 2. The molecule has 1 atom stereocenters. The van der Waals surface area contributed by atoms with Crippen LogP contribution in [0.4, 0.5) is 5.69 Å². The Morgan fingerprint density at radius 3 is 2.26 bits per heavy atom. The van der Waals surface area contributed by atoms with E-state index in [1.807, 2.05) is 0 Å². The summed E-state index contributed by atoms with van der Waals surface area (Å²) in [5, 5.41) is 7.29. The number of benzene rings is 1. The molecule has 0 saturated carbocycles. The summed E-state index contributed by atoms with van der Waals surface area (Å²) in [6.07, 6.45) is 12.0. The molecule has 1 aromatic carbocycles. The molecule has 2 heteroatoms. The Labute approximate surface area is 167 Å². The van der Waals surface area contributed by atoms with Gasteiger partial charge >= 0.3 is 0 Å². The molecule has 150 valence electrons. The smallest absolute Gasteiger partial charge is 0.0381 e. The Hall–Kier alpha value is -1.96. The summed E-state index contributed by atoms with van der Waals surface area (Å²) in [6.45, 7) is 15.1.